The molecule has 1 aliphatic heterocycles. The molecular weight excluding hydrogens is 298 g/mol. The fraction of sp³-hybridized carbons (Fsp3) is 0.625. The first-order valence-corrected chi connectivity index (χ1v) is 5.73. The predicted octanol–water partition coefficient (Wildman–Crippen LogP) is -0.195. The van der Waals surface area contributed by atoms with Crippen molar-refractivity contribution in [2.45, 2.75) is 23.3 Å². The number of hydrogen-bond donors (Lipinski definition) is 2. The van der Waals surface area contributed by atoms with Crippen LogP contribution in [0.25, 0.3) is 0 Å². The Labute approximate surface area is 104 Å². The molecule has 0 saturated carbocycles. The van der Waals surface area contributed by atoms with Gasteiger partial charge in [0.25, 0.3) is 0 Å². The lowest BCUT2D eigenvalue weighted by atomic mass is 10.2. The van der Waals surface area contributed by atoms with E-state index in [0.29, 0.717) is 0 Å². The van der Waals surface area contributed by atoms with Crippen LogP contribution in [0.4, 0.5) is 5.95 Å². The minimum absolute atomic E-state index is 0.286. The van der Waals surface area contributed by atoms with Crippen molar-refractivity contribution < 1.29 is 19.9 Å². The van der Waals surface area contributed by atoms with Gasteiger partial charge in [-0.3, -0.25) is 0 Å². The van der Waals surface area contributed by atoms with E-state index >= 15 is 0 Å². The molecule has 2 N–H and O–H groups in total. The zero-order valence-electron chi connectivity index (χ0n) is 8.51. The minimum atomic E-state index is -1.000. The Hall–Kier alpha value is -1.03. The number of ether oxygens (including phenoxy) is 1. The number of nitro groups is 1. The average molecular weight is 308 g/mol. The second-order valence-corrected chi connectivity index (χ2v) is 4.63. The van der Waals surface area contributed by atoms with Gasteiger partial charge in [-0.25, -0.2) is 0 Å². The van der Waals surface area contributed by atoms with Gasteiger partial charge >= 0.3 is 5.95 Å². The lowest BCUT2D eigenvalue weighted by Crippen LogP contribution is -2.28. The first kappa shape index (κ1) is 12.4. The minimum Gasteiger partial charge on any atom is -0.394 e. The molecule has 0 amide bonds. The second kappa shape index (κ2) is 4.69. The van der Waals surface area contributed by atoms with Gasteiger partial charge in [-0.1, -0.05) is 20.9 Å². The zero-order valence-corrected chi connectivity index (χ0v) is 10.1. The van der Waals surface area contributed by atoms with Crippen molar-refractivity contribution in [3.05, 3.63) is 22.5 Å². The van der Waals surface area contributed by atoms with E-state index in [-0.39, 0.29) is 6.61 Å². The molecule has 1 aromatic rings. The molecule has 0 spiro atoms. The number of alkyl halides is 1. The summed E-state index contributed by atoms with van der Waals surface area (Å²) in [6, 6.07) is 0. The zero-order chi connectivity index (χ0) is 12.6. The fourth-order valence-corrected chi connectivity index (χ4v) is 2.28. The van der Waals surface area contributed by atoms with E-state index in [1.165, 1.54) is 12.4 Å². The maximum atomic E-state index is 10.7. The first-order chi connectivity index (χ1) is 8.06. The summed E-state index contributed by atoms with van der Waals surface area (Å²) in [5.74, 6) is -0.410. The van der Waals surface area contributed by atoms with Gasteiger partial charge < -0.3 is 25.1 Å². The molecule has 1 saturated heterocycles. The summed E-state index contributed by atoms with van der Waals surface area (Å²) in [6.45, 7) is -0.286. The van der Waals surface area contributed by atoms with Crippen molar-refractivity contribution in [3.63, 3.8) is 0 Å². The number of imidazole rings is 1. The van der Waals surface area contributed by atoms with Crippen LogP contribution in [-0.2, 0) is 4.74 Å². The van der Waals surface area contributed by atoms with Crippen LogP contribution >= 0.6 is 15.9 Å². The molecule has 17 heavy (non-hydrogen) atoms. The third kappa shape index (κ3) is 2.06. The number of aliphatic hydroxyl groups is 2. The maximum Gasteiger partial charge on any atom is 0.436 e. The van der Waals surface area contributed by atoms with Crippen LogP contribution < -0.4 is 0 Å². The smallest absolute Gasteiger partial charge is 0.394 e. The maximum absolute atomic E-state index is 10.7. The highest BCUT2D eigenvalue weighted by molar-refractivity contribution is 9.09. The van der Waals surface area contributed by atoms with Gasteiger partial charge in [-0.2, -0.15) is 4.57 Å². The van der Waals surface area contributed by atoms with Gasteiger partial charge in [0.15, 0.2) is 0 Å². The molecule has 0 bridgehead atoms. The summed E-state index contributed by atoms with van der Waals surface area (Å²) in [5.41, 5.74) is 0. The molecular formula is C8H10BrN3O5. The highest BCUT2D eigenvalue weighted by Crippen LogP contribution is 2.35. The van der Waals surface area contributed by atoms with E-state index in [4.69, 9.17) is 9.84 Å². The van der Waals surface area contributed by atoms with Crippen molar-refractivity contribution in [2.24, 2.45) is 0 Å². The van der Waals surface area contributed by atoms with Gasteiger partial charge in [0.1, 0.15) is 18.5 Å². The van der Waals surface area contributed by atoms with Crippen molar-refractivity contribution in [1.29, 1.82) is 0 Å². The molecule has 0 aliphatic carbocycles. The topological polar surface area (TPSA) is 111 Å². The highest BCUT2D eigenvalue weighted by Gasteiger charge is 2.46. The quantitative estimate of drug-likeness (QED) is 0.455. The highest BCUT2D eigenvalue weighted by atomic mass is 79.9. The standard InChI is InChI=1S/C8H10BrN3O5/c9-5-4(3-13)17-7(6(5)14)11-2-1-10-8(11)12(15)16/h1-2,4-7,13-14H,3H2/t4?,5-,6+,7-/m1/s1. The fourth-order valence-electron chi connectivity index (χ4n) is 1.73. The second-order valence-electron chi connectivity index (χ2n) is 3.57. The molecule has 2 rings (SSSR count). The molecule has 0 aromatic carbocycles. The van der Waals surface area contributed by atoms with Crippen LogP contribution in [0.2, 0.25) is 0 Å². The van der Waals surface area contributed by atoms with Gasteiger partial charge in [-0.15, -0.1) is 0 Å². The number of nitrogens with zero attached hydrogens (tertiary/aromatic N) is 3. The van der Waals surface area contributed by atoms with Crippen LogP contribution in [0.5, 0.6) is 0 Å². The van der Waals surface area contributed by atoms with Crippen LogP contribution in [0.1, 0.15) is 6.23 Å². The van der Waals surface area contributed by atoms with Crippen LogP contribution in [0, 0.1) is 10.1 Å². The summed E-state index contributed by atoms with van der Waals surface area (Å²) in [4.78, 5) is 13.1. The van der Waals surface area contributed by atoms with E-state index < -0.39 is 34.1 Å². The molecule has 1 unspecified atom stereocenters. The molecule has 9 heteroatoms. The summed E-state index contributed by atoms with van der Waals surface area (Å²) < 4.78 is 6.48. The van der Waals surface area contributed by atoms with Crippen molar-refractivity contribution in [1.82, 2.24) is 9.55 Å². The largest absolute Gasteiger partial charge is 0.436 e. The Morgan fingerprint density at radius 3 is 2.94 bits per heavy atom. The molecule has 8 nitrogen and oxygen atoms in total. The van der Waals surface area contributed by atoms with Gasteiger partial charge in [-0.05, 0) is 4.92 Å². The third-order valence-corrected chi connectivity index (χ3v) is 3.68. The molecule has 0 radical (unpaired) electrons. The van der Waals surface area contributed by atoms with E-state index in [1.807, 2.05) is 0 Å². The Morgan fingerprint density at radius 2 is 2.41 bits per heavy atom. The van der Waals surface area contributed by atoms with E-state index in [9.17, 15) is 15.2 Å². The number of aliphatic hydroxyl groups excluding tert-OH is 2. The Bertz CT molecular complexity index is 425. The summed E-state index contributed by atoms with van der Waals surface area (Å²) in [7, 11) is 0. The van der Waals surface area contributed by atoms with E-state index in [1.54, 1.807) is 0 Å². The van der Waals surface area contributed by atoms with Gasteiger partial charge in [0.05, 0.1) is 17.5 Å². The van der Waals surface area contributed by atoms with Crippen molar-refractivity contribution in [3.8, 4) is 0 Å². The average Bonchev–Trinajstić information content (AvgIpc) is 2.86. The molecule has 2 heterocycles. The van der Waals surface area contributed by atoms with Crippen LogP contribution in [-0.4, -0.2) is 48.3 Å². The Balaban J connectivity index is 2.29. The molecule has 1 aromatic heterocycles. The molecule has 4 atom stereocenters. The number of rotatable bonds is 3. The monoisotopic (exact) mass is 307 g/mol. The Kier molecular flexibility index (Phi) is 3.43. The summed E-state index contributed by atoms with van der Waals surface area (Å²) in [6.07, 6.45) is 0.0614. The van der Waals surface area contributed by atoms with Crippen LogP contribution in [0.15, 0.2) is 12.4 Å². The first-order valence-electron chi connectivity index (χ1n) is 4.82. The lowest BCUT2D eigenvalue weighted by Gasteiger charge is -2.13. The predicted molar refractivity (Wildman–Crippen MR) is 58.6 cm³/mol. The third-order valence-electron chi connectivity index (χ3n) is 2.55. The van der Waals surface area contributed by atoms with Crippen molar-refractivity contribution in [2.75, 3.05) is 6.61 Å². The number of aromatic nitrogens is 2. The molecule has 94 valence electrons. The van der Waals surface area contributed by atoms with E-state index in [2.05, 4.69) is 20.9 Å². The lowest BCUT2D eigenvalue weighted by molar-refractivity contribution is -0.398. The SMILES string of the molecule is O=[N+]([O-])c1nccn1[C@@H]1OC(CO)[C@@H](Br)[C@@H]1O. The van der Waals surface area contributed by atoms with E-state index in [0.717, 1.165) is 4.57 Å². The molecule has 1 aliphatic rings. The van der Waals surface area contributed by atoms with Gasteiger partial charge in [0.2, 0.25) is 6.23 Å². The Morgan fingerprint density at radius 1 is 1.71 bits per heavy atom. The summed E-state index contributed by atoms with van der Waals surface area (Å²) in [5, 5.41) is 29.6. The number of halogens is 1. The summed E-state index contributed by atoms with van der Waals surface area (Å²) >= 11 is 3.18. The normalized spacial score (nSPS) is 32.9. The van der Waals surface area contributed by atoms with Crippen molar-refractivity contribution >= 4 is 21.9 Å². The molecule has 1 fully saturated rings. The van der Waals surface area contributed by atoms with Gasteiger partial charge in [0, 0.05) is 0 Å². The number of hydrogen-bond acceptors (Lipinski definition) is 6. The van der Waals surface area contributed by atoms with Crippen LogP contribution in [0.3, 0.4) is 0 Å².